The van der Waals surface area contributed by atoms with Crippen LogP contribution in [0.1, 0.15) is 24.9 Å². The van der Waals surface area contributed by atoms with Crippen LogP contribution in [0.15, 0.2) is 16.7 Å². The maximum atomic E-state index is 13.0. The SMILES string of the molecule is Cc1noc(N2C[C@H]3[C@@H]4N(c5nc6c(OC(C)C(F)(F)F)ccc(C)n6n5)[C@]45CC35C2)n1. The number of ether oxygens (including phenoxy) is 1. The number of piperidine rings is 1. The smallest absolute Gasteiger partial charge is 0.425 e. The van der Waals surface area contributed by atoms with Crippen molar-refractivity contribution < 1.29 is 22.4 Å². The molecule has 2 saturated heterocycles. The average molecular weight is 447 g/mol. The Morgan fingerprint density at radius 1 is 1.25 bits per heavy atom. The molecule has 0 N–H and O–H groups in total. The van der Waals surface area contributed by atoms with E-state index in [0.717, 1.165) is 32.1 Å². The summed E-state index contributed by atoms with van der Waals surface area (Å²) in [4.78, 5) is 13.4. The first-order valence-corrected chi connectivity index (χ1v) is 10.6. The van der Waals surface area contributed by atoms with Crippen molar-refractivity contribution >= 4 is 17.6 Å². The molecule has 168 valence electrons. The van der Waals surface area contributed by atoms with E-state index < -0.39 is 12.3 Å². The molecule has 0 amide bonds. The van der Waals surface area contributed by atoms with Gasteiger partial charge in [-0.25, -0.2) is 4.52 Å². The number of pyridine rings is 1. The van der Waals surface area contributed by atoms with Crippen LogP contribution in [-0.2, 0) is 0 Å². The molecule has 5 heterocycles. The van der Waals surface area contributed by atoms with Gasteiger partial charge in [0, 0.05) is 30.1 Å². The van der Waals surface area contributed by atoms with Crippen LogP contribution in [0.2, 0.25) is 0 Å². The third-order valence-electron chi connectivity index (χ3n) is 7.83. The molecule has 2 saturated carbocycles. The van der Waals surface area contributed by atoms with E-state index in [0.29, 0.717) is 35.4 Å². The Morgan fingerprint density at radius 3 is 2.75 bits per heavy atom. The Labute approximate surface area is 180 Å². The highest BCUT2D eigenvalue weighted by molar-refractivity contribution is 5.74. The molecular weight excluding hydrogens is 427 g/mol. The Hall–Kier alpha value is -3.05. The Balaban J connectivity index is 1.17. The van der Waals surface area contributed by atoms with Crippen LogP contribution >= 0.6 is 0 Å². The van der Waals surface area contributed by atoms with Crippen LogP contribution in [0, 0.1) is 25.2 Å². The van der Waals surface area contributed by atoms with Gasteiger partial charge in [0.2, 0.25) is 5.95 Å². The largest absolute Gasteiger partial charge is 0.477 e. The molecule has 0 bridgehead atoms. The predicted molar refractivity (Wildman–Crippen MR) is 105 cm³/mol. The maximum Gasteiger partial charge on any atom is 0.425 e. The van der Waals surface area contributed by atoms with Crippen LogP contribution in [0.4, 0.5) is 25.1 Å². The van der Waals surface area contributed by atoms with Gasteiger partial charge in [0.25, 0.3) is 0 Å². The highest BCUT2D eigenvalue weighted by Gasteiger charge is 3.00. The van der Waals surface area contributed by atoms with Crippen molar-refractivity contribution in [3.63, 3.8) is 0 Å². The van der Waals surface area contributed by atoms with Crippen molar-refractivity contribution in [1.29, 1.82) is 0 Å². The molecule has 4 aliphatic rings. The summed E-state index contributed by atoms with van der Waals surface area (Å²) in [7, 11) is 0. The molecule has 0 aromatic carbocycles. The lowest BCUT2D eigenvalue weighted by molar-refractivity contribution is -0.189. The fourth-order valence-electron chi connectivity index (χ4n) is 6.28. The molecule has 32 heavy (non-hydrogen) atoms. The minimum absolute atomic E-state index is 0.0562. The topological polar surface area (TPSA) is 84.6 Å². The van der Waals surface area contributed by atoms with Crippen molar-refractivity contribution in [2.45, 2.75) is 51.1 Å². The van der Waals surface area contributed by atoms with Crippen molar-refractivity contribution in [2.24, 2.45) is 11.3 Å². The van der Waals surface area contributed by atoms with E-state index in [4.69, 9.17) is 9.26 Å². The van der Waals surface area contributed by atoms with Gasteiger partial charge in [-0.3, -0.25) is 0 Å². The maximum absolute atomic E-state index is 13.0. The molecule has 3 aromatic rings. The van der Waals surface area contributed by atoms with E-state index in [2.05, 4.69) is 30.0 Å². The number of aromatic nitrogens is 5. The molecule has 2 spiro atoms. The first-order chi connectivity index (χ1) is 15.2. The van der Waals surface area contributed by atoms with Crippen molar-refractivity contribution in [2.75, 3.05) is 22.9 Å². The van der Waals surface area contributed by atoms with Gasteiger partial charge >= 0.3 is 12.2 Å². The van der Waals surface area contributed by atoms with Crippen LogP contribution in [0.3, 0.4) is 0 Å². The third-order valence-corrected chi connectivity index (χ3v) is 7.83. The van der Waals surface area contributed by atoms with Gasteiger partial charge in [-0.2, -0.15) is 23.1 Å². The predicted octanol–water partition coefficient (Wildman–Crippen LogP) is 2.53. The molecule has 12 heteroatoms. The highest BCUT2D eigenvalue weighted by atomic mass is 19.4. The number of hydrogen-bond acceptors (Lipinski definition) is 8. The second-order valence-corrected chi connectivity index (χ2v) is 9.47. The zero-order chi connectivity index (χ0) is 22.2. The number of aryl methyl sites for hydroxylation is 2. The Bertz CT molecular complexity index is 1290. The molecule has 5 atom stereocenters. The summed E-state index contributed by atoms with van der Waals surface area (Å²) >= 11 is 0. The molecule has 3 aromatic heterocycles. The highest BCUT2D eigenvalue weighted by Crippen LogP contribution is 2.89. The van der Waals surface area contributed by atoms with Gasteiger partial charge in [-0.15, -0.1) is 5.10 Å². The molecule has 2 aliphatic heterocycles. The lowest BCUT2D eigenvalue weighted by Crippen LogP contribution is -2.35. The first-order valence-electron chi connectivity index (χ1n) is 10.6. The summed E-state index contributed by atoms with van der Waals surface area (Å²) in [6.07, 6.45) is -5.33. The zero-order valence-corrected chi connectivity index (χ0v) is 17.6. The quantitative estimate of drug-likeness (QED) is 0.565. The van der Waals surface area contributed by atoms with Gasteiger partial charge in [0.1, 0.15) is 0 Å². The van der Waals surface area contributed by atoms with Crippen LogP contribution in [0.5, 0.6) is 5.75 Å². The van der Waals surface area contributed by atoms with E-state index in [1.165, 1.54) is 6.07 Å². The summed E-state index contributed by atoms with van der Waals surface area (Å²) < 4.78 is 51.2. The third kappa shape index (κ3) is 2.01. The normalized spacial score (nSPS) is 32.9. The number of fused-ring (bicyclic) bond motifs is 2. The zero-order valence-electron chi connectivity index (χ0n) is 17.6. The summed E-state index contributed by atoms with van der Waals surface area (Å²) in [5, 5.41) is 8.53. The van der Waals surface area contributed by atoms with Gasteiger partial charge < -0.3 is 19.1 Å². The lowest BCUT2D eigenvalue weighted by atomic mass is 9.76. The van der Waals surface area contributed by atoms with Gasteiger partial charge in [-0.1, -0.05) is 5.16 Å². The van der Waals surface area contributed by atoms with E-state index in [1.54, 1.807) is 17.5 Å². The van der Waals surface area contributed by atoms with E-state index in [9.17, 15) is 13.2 Å². The Morgan fingerprint density at radius 2 is 2.06 bits per heavy atom. The van der Waals surface area contributed by atoms with Crippen molar-refractivity contribution in [1.82, 2.24) is 24.7 Å². The van der Waals surface area contributed by atoms with E-state index in [1.807, 2.05) is 6.92 Å². The molecule has 2 unspecified atom stereocenters. The summed E-state index contributed by atoms with van der Waals surface area (Å²) in [6, 6.07) is 4.13. The number of alkyl halides is 3. The van der Waals surface area contributed by atoms with Gasteiger partial charge in [0.15, 0.2) is 23.3 Å². The lowest BCUT2D eigenvalue weighted by Gasteiger charge is -2.22. The number of anilines is 2. The molecular formula is C20H20F3N7O2. The summed E-state index contributed by atoms with van der Waals surface area (Å²) in [6.45, 7) is 6.33. The molecule has 2 aliphatic carbocycles. The second-order valence-electron chi connectivity index (χ2n) is 9.47. The van der Waals surface area contributed by atoms with E-state index >= 15 is 0 Å². The number of rotatable bonds is 4. The minimum Gasteiger partial charge on any atom is -0.477 e. The second kappa shape index (κ2) is 5.29. The number of halogens is 3. The monoisotopic (exact) mass is 447 g/mol. The van der Waals surface area contributed by atoms with Gasteiger partial charge in [-0.05, 0) is 39.3 Å². The molecule has 7 rings (SSSR count). The first kappa shape index (κ1) is 18.5. The summed E-state index contributed by atoms with van der Waals surface area (Å²) in [5.41, 5.74) is 1.32. The molecule has 4 fully saturated rings. The fourth-order valence-corrected chi connectivity index (χ4v) is 6.28. The van der Waals surface area contributed by atoms with Crippen molar-refractivity contribution in [3.8, 4) is 5.75 Å². The average Bonchev–Trinajstić information content (AvgIpc) is 3.16. The standard InChI is InChI=1S/C20H20F3N7O2/c1-9-4-5-13(31-10(2)20(21,22)23)15-25-16(26-30(9)15)29-14-12-6-28(17-24-11(3)27-32-17)8-18(12)7-19(14,18)29/h4-5,10,12,14H,6-8H2,1-3H3/t10?,12-,14-,18?,19+,29?/m0/s1. The van der Waals surface area contributed by atoms with Gasteiger partial charge in [0.05, 0.1) is 11.6 Å². The molecule has 0 radical (unpaired) electrons. The van der Waals surface area contributed by atoms with Crippen LogP contribution in [0.25, 0.3) is 5.65 Å². The van der Waals surface area contributed by atoms with Crippen LogP contribution in [-0.4, -0.2) is 61.7 Å². The van der Waals surface area contributed by atoms with Crippen molar-refractivity contribution in [3.05, 3.63) is 23.7 Å². The minimum atomic E-state index is -4.45. The Kier molecular flexibility index (Phi) is 3.06. The number of hydrogen-bond donors (Lipinski definition) is 0. The summed E-state index contributed by atoms with van der Waals surface area (Å²) in [5.74, 6) is 1.72. The van der Waals surface area contributed by atoms with Crippen LogP contribution < -0.4 is 14.5 Å². The van der Waals surface area contributed by atoms with E-state index in [-0.39, 0.29) is 16.7 Å². The number of nitrogens with zero attached hydrogens (tertiary/aromatic N) is 7. The fraction of sp³-hybridized carbons (Fsp3) is 0.600. The molecule has 9 nitrogen and oxygen atoms in total.